The molecule has 0 aromatic heterocycles. The van der Waals surface area contributed by atoms with E-state index in [0.717, 1.165) is 59.7 Å². The Balaban J connectivity index is 1.34. The molecule has 5 heteroatoms. The quantitative estimate of drug-likeness (QED) is 0.660. The maximum absolute atomic E-state index is 12.7. The van der Waals surface area contributed by atoms with E-state index in [2.05, 4.69) is 31.3 Å². The van der Waals surface area contributed by atoms with Gasteiger partial charge in [-0.3, -0.25) is 0 Å². The highest BCUT2D eigenvalue weighted by Gasteiger charge is 2.76. The van der Waals surface area contributed by atoms with Crippen molar-refractivity contribution in [3.8, 4) is 11.5 Å². The van der Waals surface area contributed by atoms with E-state index in [9.17, 15) is 5.11 Å². The molecule has 1 saturated heterocycles. The highest BCUT2D eigenvalue weighted by Crippen LogP contribution is 2.66. The molecule has 2 unspecified atom stereocenters. The van der Waals surface area contributed by atoms with Crippen LogP contribution in [0.2, 0.25) is 0 Å². The molecule has 1 spiro atoms. The topological polar surface area (TPSA) is 47.9 Å². The number of aliphatic hydroxyl groups is 1. The minimum Gasteiger partial charge on any atom is -0.485 e. The molecule has 34 heavy (non-hydrogen) atoms. The maximum atomic E-state index is 12.7. The van der Waals surface area contributed by atoms with Crippen molar-refractivity contribution in [1.29, 1.82) is 0 Å². The zero-order chi connectivity index (χ0) is 23.1. The Morgan fingerprint density at radius 2 is 1.91 bits per heavy atom. The summed E-state index contributed by atoms with van der Waals surface area (Å²) in [5.41, 5.74) is 2.52. The number of quaternary nitrogens is 1. The molecule has 2 aromatic rings. The minimum absolute atomic E-state index is 0.0125. The van der Waals surface area contributed by atoms with Gasteiger partial charge in [-0.15, -0.1) is 0 Å². The summed E-state index contributed by atoms with van der Waals surface area (Å²) in [6.07, 6.45) is 6.00. The summed E-state index contributed by atoms with van der Waals surface area (Å²) in [5.74, 6) is 2.49. The van der Waals surface area contributed by atoms with Gasteiger partial charge in [-0.1, -0.05) is 36.4 Å². The number of methoxy groups -OCH3 is 1. The fourth-order valence-electron chi connectivity index (χ4n) is 8.19. The summed E-state index contributed by atoms with van der Waals surface area (Å²) in [6.45, 7) is 2.79. The summed E-state index contributed by atoms with van der Waals surface area (Å²) < 4.78 is 20.1. The summed E-state index contributed by atoms with van der Waals surface area (Å²) in [6, 6.07) is 14.8. The van der Waals surface area contributed by atoms with Crippen LogP contribution < -0.4 is 9.47 Å². The Morgan fingerprint density at radius 1 is 1.09 bits per heavy atom. The molecule has 3 fully saturated rings. The highest BCUT2D eigenvalue weighted by molar-refractivity contribution is 5.62. The first-order valence-corrected chi connectivity index (χ1v) is 13.1. The van der Waals surface area contributed by atoms with Crippen molar-refractivity contribution in [3.63, 3.8) is 0 Å². The fourth-order valence-corrected chi connectivity index (χ4v) is 8.19. The average molecular weight is 463 g/mol. The van der Waals surface area contributed by atoms with Gasteiger partial charge in [0.05, 0.1) is 31.7 Å². The summed E-state index contributed by atoms with van der Waals surface area (Å²) in [7, 11) is 4.20. The molecule has 1 N–H and O–H groups in total. The van der Waals surface area contributed by atoms with Gasteiger partial charge in [-0.2, -0.15) is 0 Å². The van der Waals surface area contributed by atoms with Crippen LogP contribution >= 0.6 is 0 Å². The predicted octanol–water partition coefficient (Wildman–Crippen LogP) is 3.99. The van der Waals surface area contributed by atoms with Crippen LogP contribution in [-0.2, 0) is 23.2 Å². The zero-order valence-electron chi connectivity index (χ0n) is 20.3. The molecule has 2 aromatic carbocycles. The van der Waals surface area contributed by atoms with Crippen LogP contribution in [0.1, 0.15) is 48.8 Å². The van der Waals surface area contributed by atoms with E-state index in [1.54, 1.807) is 7.11 Å². The second-order valence-corrected chi connectivity index (χ2v) is 11.7. The third kappa shape index (κ3) is 2.72. The lowest BCUT2D eigenvalue weighted by molar-refractivity contribution is -0.950. The molecule has 6 atom stereocenters. The molecule has 5 aliphatic rings. The van der Waals surface area contributed by atoms with Crippen molar-refractivity contribution >= 4 is 0 Å². The van der Waals surface area contributed by atoms with Crippen LogP contribution in [0, 0.1) is 5.92 Å². The zero-order valence-corrected chi connectivity index (χ0v) is 20.3. The summed E-state index contributed by atoms with van der Waals surface area (Å²) in [4.78, 5) is 0. The normalized spacial score (nSPS) is 39.3. The first-order chi connectivity index (χ1) is 16.5. The number of benzene rings is 2. The largest absolute Gasteiger partial charge is 0.485 e. The number of rotatable bonds is 6. The maximum Gasteiger partial charge on any atom is 0.166 e. The van der Waals surface area contributed by atoms with Crippen LogP contribution in [0.25, 0.3) is 0 Å². The SMILES string of the molecule is CO[C@H]1CCC2(O)[C@H]3Cc4ccc(OCc5ccccc5)c5c4[C@@]2(CC[N+]3(C)CC2CC2)[C@H]1O5. The smallest absolute Gasteiger partial charge is 0.166 e. The third-order valence-corrected chi connectivity index (χ3v) is 9.95. The van der Waals surface area contributed by atoms with Gasteiger partial charge in [-0.05, 0) is 42.9 Å². The van der Waals surface area contributed by atoms with E-state index < -0.39 is 11.0 Å². The van der Waals surface area contributed by atoms with Gasteiger partial charge in [0.15, 0.2) is 11.5 Å². The standard InChI is InChI=1S/C29H36NO4/c1-30(17-19-8-9-19)15-14-28-25-21-10-11-22(33-18-20-6-4-3-5-7-20)26(25)34-27(28)23(32-2)12-13-29(28,31)24(30)16-21/h3-7,10-11,19,23-24,27,31H,8-9,12-18H2,1-2H3/q+1/t23-,24+,27-,28-,29?,30?/m0/s1. The number of hydrogen-bond donors (Lipinski definition) is 1. The van der Waals surface area contributed by atoms with E-state index in [1.165, 1.54) is 30.5 Å². The predicted molar refractivity (Wildman–Crippen MR) is 129 cm³/mol. The number of likely N-dealkylation sites (tertiary alicyclic amines) is 1. The molecule has 2 saturated carbocycles. The molecule has 0 radical (unpaired) electrons. The van der Waals surface area contributed by atoms with Gasteiger partial charge in [-0.25, -0.2) is 0 Å². The monoisotopic (exact) mass is 462 g/mol. The van der Waals surface area contributed by atoms with Gasteiger partial charge >= 0.3 is 0 Å². The molecule has 180 valence electrons. The van der Waals surface area contributed by atoms with E-state index in [-0.39, 0.29) is 18.2 Å². The van der Waals surface area contributed by atoms with Crippen LogP contribution in [0.15, 0.2) is 42.5 Å². The average Bonchev–Trinajstić information content (AvgIpc) is 3.58. The number of ether oxygens (including phenoxy) is 3. The molecule has 7 rings (SSSR count). The first kappa shape index (κ1) is 21.2. The Hall–Kier alpha value is -2.08. The van der Waals surface area contributed by atoms with Crippen molar-refractivity contribution in [2.45, 2.75) is 74.4 Å². The van der Waals surface area contributed by atoms with Gasteiger partial charge in [0, 0.05) is 31.4 Å². The van der Waals surface area contributed by atoms with Crippen molar-refractivity contribution in [2.24, 2.45) is 5.92 Å². The lowest BCUT2D eigenvalue weighted by Gasteiger charge is -2.65. The Labute approximate surface area is 202 Å². The summed E-state index contributed by atoms with van der Waals surface area (Å²) in [5, 5.41) is 12.7. The number of nitrogens with zero attached hydrogens (tertiary/aromatic N) is 1. The molecule has 2 bridgehead atoms. The Bertz CT molecular complexity index is 1120. The molecular weight excluding hydrogens is 426 g/mol. The Morgan fingerprint density at radius 3 is 2.68 bits per heavy atom. The number of hydrogen-bond acceptors (Lipinski definition) is 4. The summed E-state index contributed by atoms with van der Waals surface area (Å²) >= 11 is 0. The van der Waals surface area contributed by atoms with Gasteiger partial charge in [0.25, 0.3) is 0 Å². The van der Waals surface area contributed by atoms with Gasteiger partial charge in [0.2, 0.25) is 0 Å². The number of piperidine rings is 1. The van der Waals surface area contributed by atoms with Crippen molar-refractivity contribution in [3.05, 3.63) is 59.2 Å². The first-order valence-electron chi connectivity index (χ1n) is 13.1. The van der Waals surface area contributed by atoms with E-state index in [0.29, 0.717) is 6.61 Å². The van der Waals surface area contributed by atoms with Crippen molar-refractivity contribution in [2.75, 3.05) is 27.2 Å². The van der Waals surface area contributed by atoms with E-state index in [1.807, 2.05) is 18.2 Å². The van der Waals surface area contributed by atoms with E-state index in [4.69, 9.17) is 14.2 Å². The molecule has 2 aliphatic heterocycles. The Kier molecular flexibility index (Phi) is 4.51. The van der Waals surface area contributed by atoms with Crippen molar-refractivity contribution in [1.82, 2.24) is 0 Å². The van der Waals surface area contributed by atoms with Crippen LogP contribution in [0.3, 0.4) is 0 Å². The van der Waals surface area contributed by atoms with Gasteiger partial charge < -0.3 is 23.8 Å². The number of likely N-dealkylation sites (N-methyl/N-ethyl adjacent to an activating group) is 1. The molecule has 0 amide bonds. The second-order valence-electron chi connectivity index (χ2n) is 11.7. The van der Waals surface area contributed by atoms with E-state index >= 15 is 0 Å². The fraction of sp³-hybridized carbons (Fsp3) is 0.586. The van der Waals surface area contributed by atoms with Crippen LogP contribution in [0.5, 0.6) is 11.5 Å². The molecule has 3 aliphatic carbocycles. The van der Waals surface area contributed by atoms with Crippen LogP contribution in [-0.4, -0.2) is 60.7 Å². The molecule has 2 heterocycles. The molecular formula is C29H36NO4+. The lowest BCUT2D eigenvalue weighted by atomic mass is 9.48. The van der Waals surface area contributed by atoms with Crippen molar-refractivity contribution < 1.29 is 23.8 Å². The van der Waals surface area contributed by atoms with Crippen LogP contribution in [0.4, 0.5) is 0 Å². The second kappa shape index (κ2) is 7.22. The van der Waals surface area contributed by atoms with Gasteiger partial charge in [0.1, 0.15) is 24.4 Å². The lowest BCUT2D eigenvalue weighted by Crippen LogP contribution is -2.81. The third-order valence-electron chi connectivity index (χ3n) is 9.95. The highest BCUT2D eigenvalue weighted by atomic mass is 16.6. The molecule has 5 nitrogen and oxygen atoms in total. The minimum atomic E-state index is -0.773.